The maximum absolute atomic E-state index is 5.59. The molecule has 76 valence electrons. The van der Waals surface area contributed by atoms with E-state index in [9.17, 15) is 0 Å². The number of hydrogen-bond acceptors (Lipinski definition) is 2. The molecule has 0 unspecified atom stereocenters. The number of rotatable bonds is 4. The predicted molar refractivity (Wildman–Crippen MR) is 60.3 cm³/mol. The monoisotopic (exact) mass is 191 g/mol. The average molecular weight is 191 g/mol. The third-order valence-corrected chi connectivity index (χ3v) is 1.89. The Morgan fingerprint density at radius 1 is 1.50 bits per heavy atom. The topological polar surface area (TPSA) is 35.2 Å². The second-order valence-corrected chi connectivity index (χ2v) is 3.24. The van der Waals surface area contributed by atoms with Crippen molar-refractivity contribution in [1.29, 1.82) is 0 Å². The van der Waals surface area contributed by atoms with Crippen LogP contribution in [0.2, 0.25) is 0 Å². The van der Waals surface area contributed by atoms with Crippen LogP contribution in [0.3, 0.4) is 0 Å². The lowest BCUT2D eigenvalue weighted by Gasteiger charge is -2.12. The molecule has 0 heterocycles. The molecule has 0 spiro atoms. The van der Waals surface area contributed by atoms with Crippen LogP contribution < -0.4 is 10.5 Å². The first-order valence-corrected chi connectivity index (χ1v) is 4.85. The number of ether oxygens (including phenoxy) is 1. The largest absolute Gasteiger partial charge is 0.489 e. The molecule has 0 aromatic heterocycles. The summed E-state index contributed by atoms with van der Waals surface area (Å²) >= 11 is 0. The van der Waals surface area contributed by atoms with Crippen molar-refractivity contribution in [3.63, 3.8) is 0 Å². The molecule has 0 bridgehead atoms. The number of benzene rings is 1. The average Bonchev–Trinajstić information content (AvgIpc) is 2.19. The maximum atomic E-state index is 5.59. The standard InChI is InChI=1S/C12H17NO/c1-3-5-11-6-4-7-12(8-11)14-10(2)9-13/h3-8,10H,9,13H2,1-2H3/b5-3+/t10-/m0/s1. The summed E-state index contributed by atoms with van der Waals surface area (Å²) in [6, 6.07) is 7.97. The lowest BCUT2D eigenvalue weighted by atomic mass is 10.2. The van der Waals surface area contributed by atoms with Crippen LogP contribution in [0.15, 0.2) is 30.3 Å². The Morgan fingerprint density at radius 2 is 2.29 bits per heavy atom. The Kier molecular flexibility index (Phi) is 4.20. The van der Waals surface area contributed by atoms with E-state index in [1.165, 1.54) is 0 Å². The summed E-state index contributed by atoms with van der Waals surface area (Å²) in [7, 11) is 0. The van der Waals surface area contributed by atoms with Gasteiger partial charge in [0.1, 0.15) is 11.9 Å². The lowest BCUT2D eigenvalue weighted by molar-refractivity contribution is 0.230. The van der Waals surface area contributed by atoms with E-state index in [1.807, 2.05) is 50.3 Å². The first-order valence-electron chi connectivity index (χ1n) is 4.85. The highest BCUT2D eigenvalue weighted by atomic mass is 16.5. The molecule has 1 atom stereocenters. The van der Waals surface area contributed by atoms with Crippen LogP contribution in [-0.2, 0) is 0 Å². The van der Waals surface area contributed by atoms with Crippen molar-refractivity contribution in [3.05, 3.63) is 35.9 Å². The van der Waals surface area contributed by atoms with Gasteiger partial charge in [-0.25, -0.2) is 0 Å². The SMILES string of the molecule is C/C=C/c1cccc(O[C@@H](C)CN)c1. The molecule has 1 rings (SSSR count). The fourth-order valence-electron chi connectivity index (χ4n) is 1.16. The molecular formula is C12H17NO. The van der Waals surface area contributed by atoms with Crippen LogP contribution in [0.1, 0.15) is 19.4 Å². The van der Waals surface area contributed by atoms with Gasteiger partial charge in [-0.3, -0.25) is 0 Å². The molecule has 0 aliphatic rings. The van der Waals surface area contributed by atoms with E-state index in [2.05, 4.69) is 0 Å². The van der Waals surface area contributed by atoms with Crippen molar-refractivity contribution in [3.8, 4) is 5.75 Å². The Bertz CT molecular complexity index is 307. The van der Waals surface area contributed by atoms with Gasteiger partial charge in [-0.05, 0) is 31.5 Å². The molecule has 1 aromatic carbocycles. The van der Waals surface area contributed by atoms with E-state index in [0.29, 0.717) is 6.54 Å². The zero-order valence-electron chi connectivity index (χ0n) is 8.73. The molecule has 0 amide bonds. The van der Waals surface area contributed by atoms with E-state index in [4.69, 9.17) is 10.5 Å². The number of hydrogen-bond donors (Lipinski definition) is 1. The van der Waals surface area contributed by atoms with Crippen LogP contribution in [-0.4, -0.2) is 12.6 Å². The second kappa shape index (κ2) is 5.45. The smallest absolute Gasteiger partial charge is 0.120 e. The third-order valence-electron chi connectivity index (χ3n) is 1.89. The molecule has 1 aromatic rings. The van der Waals surface area contributed by atoms with Crippen molar-refractivity contribution in [1.82, 2.24) is 0 Å². The summed E-state index contributed by atoms with van der Waals surface area (Å²) in [5.41, 5.74) is 6.63. The minimum Gasteiger partial charge on any atom is -0.489 e. The van der Waals surface area contributed by atoms with E-state index in [-0.39, 0.29) is 6.10 Å². The molecule has 0 fully saturated rings. The van der Waals surface area contributed by atoms with Crippen LogP contribution in [0.25, 0.3) is 6.08 Å². The minimum absolute atomic E-state index is 0.0656. The van der Waals surface area contributed by atoms with Gasteiger partial charge in [0.15, 0.2) is 0 Å². The summed E-state index contributed by atoms with van der Waals surface area (Å²) in [6.45, 7) is 4.49. The first-order chi connectivity index (χ1) is 6.76. The van der Waals surface area contributed by atoms with Crippen LogP contribution in [0.5, 0.6) is 5.75 Å². The number of allylic oxidation sites excluding steroid dienone is 1. The van der Waals surface area contributed by atoms with Gasteiger partial charge in [-0.15, -0.1) is 0 Å². The Balaban J connectivity index is 2.73. The Labute approximate surface area is 85.4 Å². The molecule has 2 heteroatoms. The van der Waals surface area contributed by atoms with E-state index in [1.54, 1.807) is 0 Å². The molecule has 2 N–H and O–H groups in total. The quantitative estimate of drug-likeness (QED) is 0.793. The zero-order chi connectivity index (χ0) is 10.4. The van der Waals surface area contributed by atoms with Crippen LogP contribution >= 0.6 is 0 Å². The molecule has 0 aliphatic carbocycles. The minimum atomic E-state index is 0.0656. The highest BCUT2D eigenvalue weighted by molar-refractivity contribution is 5.51. The predicted octanol–water partition coefficient (Wildman–Crippen LogP) is 2.45. The molecular weight excluding hydrogens is 174 g/mol. The van der Waals surface area contributed by atoms with E-state index < -0.39 is 0 Å². The summed E-state index contributed by atoms with van der Waals surface area (Å²) in [4.78, 5) is 0. The van der Waals surface area contributed by atoms with Crippen molar-refractivity contribution >= 4 is 6.08 Å². The van der Waals surface area contributed by atoms with Crippen molar-refractivity contribution in [2.24, 2.45) is 5.73 Å². The molecule has 0 radical (unpaired) electrons. The highest BCUT2D eigenvalue weighted by Crippen LogP contribution is 2.15. The molecule has 0 aliphatic heterocycles. The third kappa shape index (κ3) is 3.23. The molecule has 0 saturated heterocycles. The van der Waals surface area contributed by atoms with E-state index >= 15 is 0 Å². The van der Waals surface area contributed by atoms with Gasteiger partial charge in [0.25, 0.3) is 0 Å². The van der Waals surface area contributed by atoms with Gasteiger partial charge in [0, 0.05) is 6.54 Å². The Hall–Kier alpha value is -1.28. The highest BCUT2D eigenvalue weighted by Gasteiger charge is 2.00. The van der Waals surface area contributed by atoms with Gasteiger partial charge < -0.3 is 10.5 Å². The number of nitrogens with two attached hydrogens (primary N) is 1. The molecule has 14 heavy (non-hydrogen) atoms. The fraction of sp³-hybridized carbons (Fsp3) is 0.333. The van der Waals surface area contributed by atoms with Gasteiger partial charge in [0.2, 0.25) is 0 Å². The normalized spacial score (nSPS) is 13.1. The second-order valence-electron chi connectivity index (χ2n) is 3.24. The van der Waals surface area contributed by atoms with Gasteiger partial charge >= 0.3 is 0 Å². The molecule has 2 nitrogen and oxygen atoms in total. The Morgan fingerprint density at radius 3 is 2.93 bits per heavy atom. The summed E-state index contributed by atoms with van der Waals surface area (Å²) < 4.78 is 5.59. The van der Waals surface area contributed by atoms with E-state index in [0.717, 1.165) is 11.3 Å². The maximum Gasteiger partial charge on any atom is 0.120 e. The van der Waals surface area contributed by atoms with Crippen LogP contribution in [0, 0.1) is 0 Å². The summed E-state index contributed by atoms with van der Waals surface area (Å²) in [6.07, 6.45) is 4.11. The van der Waals surface area contributed by atoms with Crippen LogP contribution in [0.4, 0.5) is 0 Å². The molecule has 0 saturated carbocycles. The van der Waals surface area contributed by atoms with Gasteiger partial charge in [-0.2, -0.15) is 0 Å². The summed E-state index contributed by atoms with van der Waals surface area (Å²) in [5.74, 6) is 0.874. The van der Waals surface area contributed by atoms with Crippen molar-refractivity contribution in [2.75, 3.05) is 6.54 Å². The zero-order valence-corrected chi connectivity index (χ0v) is 8.73. The van der Waals surface area contributed by atoms with Gasteiger partial charge in [-0.1, -0.05) is 24.3 Å². The van der Waals surface area contributed by atoms with Gasteiger partial charge in [0.05, 0.1) is 0 Å². The van der Waals surface area contributed by atoms with Crippen molar-refractivity contribution in [2.45, 2.75) is 20.0 Å². The van der Waals surface area contributed by atoms with Crippen molar-refractivity contribution < 1.29 is 4.74 Å². The summed E-state index contributed by atoms with van der Waals surface area (Å²) in [5, 5.41) is 0. The fourth-order valence-corrected chi connectivity index (χ4v) is 1.16. The lowest BCUT2D eigenvalue weighted by Crippen LogP contribution is -2.22. The first kappa shape index (κ1) is 10.8.